The minimum Gasteiger partial charge on any atom is -0.461 e. The third kappa shape index (κ3) is 7.99. The molecule has 1 unspecified atom stereocenters. The van der Waals surface area contributed by atoms with Crippen LogP contribution in [0.2, 0.25) is 0 Å². The molecule has 0 saturated heterocycles. The van der Waals surface area contributed by atoms with Crippen molar-refractivity contribution < 1.29 is 28.3 Å². The third-order valence-electron chi connectivity index (χ3n) is 4.78. The number of carbonyl (C=O) groups excluding carboxylic acids is 2. The first-order valence-corrected chi connectivity index (χ1v) is 12.1. The summed E-state index contributed by atoms with van der Waals surface area (Å²) < 4.78 is 23.4. The van der Waals surface area contributed by atoms with Crippen LogP contribution in [0.4, 0.5) is 0 Å². The maximum Gasteiger partial charge on any atom is 0.359 e. The van der Waals surface area contributed by atoms with Gasteiger partial charge in [-0.2, -0.15) is 0 Å². The lowest BCUT2D eigenvalue weighted by atomic mass is 10.1. The van der Waals surface area contributed by atoms with Crippen LogP contribution in [0, 0.1) is 0 Å². The van der Waals surface area contributed by atoms with E-state index >= 15 is 0 Å². The van der Waals surface area contributed by atoms with Gasteiger partial charge < -0.3 is 14.9 Å². The first-order chi connectivity index (χ1) is 15.9. The molecule has 0 aliphatic heterocycles. The summed E-state index contributed by atoms with van der Waals surface area (Å²) in [5, 5.41) is 2.71. The standard InChI is InChI=1S/C25H26NO6P/c27-24(31-19-21-12-6-2-7-13-21)16-17-26-25(28)23(18-20-10-4-1-5-11-20)32-33(29,30)22-14-8-3-9-15-22/h1-15,23H,16-19H2,(H,26,28)(H,29,30)/t23-/m0/s1. The molecule has 0 heterocycles. The Balaban J connectivity index is 1.58. The maximum atomic E-state index is 12.8. The SMILES string of the molecule is O=C(CCNC(=O)[C@H](Cc1ccccc1)OP(=O)(O)c1ccccc1)OCc1ccccc1. The molecule has 2 N–H and O–H groups in total. The number of rotatable bonds is 11. The van der Waals surface area contributed by atoms with Gasteiger partial charge in [-0.1, -0.05) is 78.9 Å². The fourth-order valence-electron chi connectivity index (χ4n) is 3.07. The van der Waals surface area contributed by atoms with Crippen LogP contribution in [0.1, 0.15) is 17.5 Å². The molecule has 0 bridgehead atoms. The molecule has 3 aromatic rings. The van der Waals surface area contributed by atoms with E-state index in [1.54, 1.807) is 30.3 Å². The van der Waals surface area contributed by atoms with E-state index in [1.807, 2.05) is 48.5 Å². The van der Waals surface area contributed by atoms with E-state index in [9.17, 15) is 19.0 Å². The van der Waals surface area contributed by atoms with Gasteiger partial charge >= 0.3 is 13.6 Å². The largest absolute Gasteiger partial charge is 0.461 e. The van der Waals surface area contributed by atoms with E-state index in [0.29, 0.717) is 0 Å². The zero-order valence-corrected chi connectivity index (χ0v) is 18.9. The molecule has 3 rings (SSSR count). The van der Waals surface area contributed by atoms with Crippen molar-refractivity contribution in [3.05, 3.63) is 102 Å². The van der Waals surface area contributed by atoms with Crippen molar-refractivity contribution in [2.75, 3.05) is 6.54 Å². The first-order valence-electron chi connectivity index (χ1n) is 10.5. The smallest absolute Gasteiger partial charge is 0.359 e. The van der Waals surface area contributed by atoms with Gasteiger partial charge in [0.25, 0.3) is 0 Å². The van der Waals surface area contributed by atoms with Gasteiger partial charge in [0, 0.05) is 13.0 Å². The van der Waals surface area contributed by atoms with Crippen LogP contribution < -0.4 is 10.6 Å². The summed E-state index contributed by atoms with van der Waals surface area (Å²) >= 11 is 0. The Morgan fingerprint density at radius 3 is 2.00 bits per heavy atom. The maximum absolute atomic E-state index is 12.8. The van der Waals surface area contributed by atoms with Crippen molar-refractivity contribution in [2.45, 2.75) is 25.6 Å². The van der Waals surface area contributed by atoms with Gasteiger partial charge in [0.2, 0.25) is 5.91 Å². The van der Waals surface area contributed by atoms with E-state index in [4.69, 9.17) is 9.26 Å². The lowest BCUT2D eigenvalue weighted by Gasteiger charge is -2.21. The molecule has 0 fully saturated rings. The number of hydrogen-bond acceptors (Lipinski definition) is 5. The highest BCUT2D eigenvalue weighted by Gasteiger charge is 2.31. The molecule has 33 heavy (non-hydrogen) atoms. The predicted molar refractivity (Wildman–Crippen MR) is 125 cm³/mol. The van der Waals surface area contributed by atoms with E-state index in [2.05, 4.69) is 5.32 Å². The van der Waals surface area contributed by atoms with Crippen LogP contribution in [0.3, 0.4) is 0 Å². The number of benzene rings is 3. The normalized spacial score (nSPS) is 13.5. The number of carbonyl (C=O) groups is 2. The van der Waals surface area contributed by atoms with Crippen molar-refractivity contribution >= 4 is 24.8 Å². The van der Waals surface area contributed by atoms with Crippen molar-refractivity contribution in [2.24, 2.45) is 0 Å². The van der Waals surface area contributed by atoms with Crippen LogP contribution in [-0.4, -0.2) is 29.4 Å². The minimum absolute atomic E-state index is 0.0160. The second-order valence-electron chi connectivity index (χ2n) is 7.33. The Bertz CT molecular complexity index is 1080. The monoisotopic (exact) mass is 467 g/mol. The van der Waals surface area contributed by atoms with Gasteiger partial charge in [-0.25, -0.2) is 0 Å². The summed E-state index contributed by atoms with van der Waals surface area (Å²) in [5.74, 6) is -1.04. The van der Waals surface area contributed by atoms with E-state index in [0.717, 1.165) is 11.1 Å². The lowest BCUT2D eigenvalue weighted by molar-refractivity contribution is -0.144. The number of amides is 1. The molecule has 7 nitrogen and oxygen atoms in total. The van der Waals surface area contributed by atoms with Gasteiger partial charge in [0.05, 0.1) is 11.7 Å². The Labute approximate surface area is 192 Å². The van der Waals surface area contributed by atoms with E-state index < -0.39 is 25.6 Å². The lowest BCUT2D eigenvalue weighted by Crippen LogP contribution is -2.39. The molecule has 2 atom stereocenters. The molecule has 3 aromatic carbocycles. The molecule has 0 spiro atoms. The average molecular weight is 467 g/mol. The van der Waals surface area contributed by atoms with Crippen LogP contribution >= 0.6 is 7.60 Å². The first kappa shape index (κ1) is 24.4. The van der Waals surface area contributed by atoms with Gasteiger partial charge in [0.15, 0.2) is 0 Å². The molecule has 0 radical (unpaired) electrons. The fraction of sp³-hybridized carbons (Fsp3) is 0.200. The highest BCUT2D eigenvalue weighted by Crippen LogP contribution is 2.42. The average Bonchev–Trinajstić information content (AvgIpc) is 2.84. The van der Waals surface area contributed by atoms with Gasteiger partial charge in [-0.15, -0.1) is 0 Å². The molecule has 0 aliphatic carbocycles. The Kier molecular flexibility index (Phi) is 8.95. The number of ether oxygens (including phenoxy) is 1. The molecular formula is C25H26NO6P. The molecule has 0 saturated carbocycles. The summed E-state index contributed by atoms with van der Waals surface area (Å²) in [5.41, 5.74) is 1.64. The zero-order valence-electron chi connectivity index (χ0n) is 18.0. The molecule has 0 aliphatic rings. The zero-order chi connectivity index (χ0) is 23.5. The van der Waals surface area contributed by atoms with E-state index in [-0.39, 0.29) is 31.3 Å². The van der Waals surface area contributed by atoms with Crippen LogP contribution in [0.5, 0.6) is 0 Å². The summed E-state index contributed by atoms with van der Waals surface area (Å²) in [7, 11) is -4.24. The van der Waals surface area contributed by atoms with Gasteiger partial charge in [0.1, 0.15) is 12.7 Å². The summed E-state index contributed by atoms with van der Waals surface area (Å²) in [6, 6.07) is 26.2. The van der Waals surface area contributed by atoms with Crippen LogP contribution in [-0.2, 0) is 36.4 Å². The number of esters is 1. The molecule has 172 valence electrons. The van der Waals surface area contributed by atoms with E-state index in [1.165, 1.54) is 12.1 Å². The van der Waals surface area contributed by atoms with Crippen molar-refractivity contribution in [3.63, 3.8) is 0 Å². The highest BCUT2D eigenvalue weighted by molar-refractivity contribution is 7.61. The van der Waals surface area contributed by atoms with Crippen molar-refractivity contribution in [3.8, 4) is 0 Å². The van der Waals surface area contributed by atoms with Crippen LogP contribution in [0.25, 0.3) is 0 Å². The number of hydrogen-bond donors (Lipinski definition) is 2. The molecule has 0 aromatic heterocycles. The predicted octanol–water partition coefficient (Wildman–Crippen LogP) is 3.37. The molecule has 8 heteroatoms. The third-order valence-corrected chi connectivity index (χ3v) is 6.27. The topological polar surface area (TPSA) is 102 Å². The number of nitrogens with one attached hydrogen (secondary N) is 1. The molecule has 1 amide bonds. The van der Waals surface area contributed by atoms with Gasteiger partial charge in [-0.05, 0) is 23.3 Å². The Morgan fingerprint density at radius 1 is 0.848 bits per heavy atom. The van der Waals surface area contributed by atoms with Crippen molar-refractivity contribution in [1.82, 2.24) is 5.32 Å². The van der Waals surface area contributed by atoms with Crippen molar-refractivity contribution in [1.29, 1.82) is 0 Å². The second-order valence-corrected chi connectivity index (χ2v) is 9.10. The Hall–Kier alpha value is -3.25. The quantitative estimate of drug-likeness (QED) is 0.331. The summed E-state index contributed by atoms with van der Waals surface area (Å²) in [6.07, 6.45) is -1.15. The van der Waals surface area contributed by atoms with Crippen LogP contribution in [0.15, 0.2) is 91.0 Å². The molecular weight excluding hydrogens is 441 g/mol. The highest BCUT2D eigenvalue weighted by atomic mass is 31.2. The fourth-order valence-corrected chi connectivity index (χ4v) is 4.25. The summed E-state index contributed by atoms with van der Waals surface area (Å²) in [4.78, 5) is 35.2. The summed E-state index contributed by atoms with van der Waals surface area (Å²) in [6.45, 7) is 0.167. The van der Waals surface area contributed by atoms with Gasteiger partial charge in [-0.3, -0.25) is 18.7 Å². The minimum atomic E-state index is -4.24. The second kappa shape index (κ2) is 12.1. The Morgan fingerprint density at radius 2 is 1.39 bits per heavy atom.